The Hall–Kier alpha value is -1.06. The first-order chi connectivity index (χ1) is 7.83. The Morgan fingerprint density at radius 3 is 2.88 bits per heavy atom. The molecule has 0 saturated heterocycles. The van der Waals surface area contributed by atoms with Crippen molar-refractivity contribution in [1.29, 1.82) is 0 Å². The van der Waals surface area contributed by atoms with Crippen LogP contribution < -0.4 is 4.74 Å². The number of aryl methyl sites for hydroxylation is 1. The lowest BCUT2D eigenvalue weighted by atomic mass is 10.2. The summed E-state index contributed by atoms with van der Waals surface area (Å²) in [6.45, 7) is 2.51. The Morgan fingerprint density at radius 2 is 2.12 bits per heavy atom. The predicted molar refractivity (Wildman–Crippen MR) is 68.3 cm³/mol. The standard InChI is InChI=1S/C13H16O2S/c1-3-4-12-8-10-7-11(15-9-14-2)5-6-13(10)16-12/h5-8H,3-4,9H2,1-2H3. The van der Waals surface area contributed by atoms with Crippen LogP contribution >= 0.6 is 11.3 Å². The fourth-order valence-corrected chi connectivity index (χ4v) is 2.81. The third-order valence-corrected chi connectivity index (χ3v) is 3.55. The van der Waals surface area contributed by atoms with E-state index in [9.17, 15) is 0 Å². The molecule has 3 heteroatoms. The highest BCUT2D eigenvalue weighted by molar-refractivity contribution is 7.19. The molecular weight excluding hydrogens is 220 g/mol. The normalized spacial score (nSPS) is 10.9. The van der Waals surface area contributed by atoms with E-state index in [0.29, 0.717) is 6.79 Å². The molecule has 16 heavy (non-hydrogen) atoms. The zero-order valence-corrected chi connectivity index (χ0v) is 10.5. The van der Waals surface area contributed by atoms with E-state index in [1.807, 2.05) is 17.4 Å². The molecule has 0 bridgehead atoms. The number of hydrogen-bond acceptors (Lipinski definition) is 3. The molecule has 86 valence electrons. The van der Waals surface area contributed by atoms with Crippen LogP contribution in [0.1, 0.15) is 18.2 Å². The first-order valence-corrected chi connectivity index (χ1v) is 6.29. The molecule has 2 rings (SSSR count). The first kappa shape index (κ1) is 11.4. The number of thiophene rings is 1. The van der Waals surface area contributed by atoms with Crippen LogP contribution in [0.4, 0.5) is 0 Å². The van der Waals surface area contributed by atoms with Crippen LogP contribution in [0.2, 0.25) is 0 Å². The molecule has 0 aliphatic heterocycles. The summed E-state index contributed by atoms with van der Waals surface area (Å²) >= 11 is 1.87. The van der Waals surface area contributed by atoms with Crippen LogP contribution in [0.3, 0.4) is 0 Å². The minimum Gasteiger partial charge on any atom is -0.468 e. The molecule has 0 saturated carbocycles. The van der Waals surface area contributed by atoms with Crippen molar-refractivity contribution < 1.29 is 9.47 Å². The molecule has 0 aliphatic rings. The van der Waals surface area contributed by atoms with Gasteiger partial charge < -0.3 is 9.47 Å². The Balaban J connectivity index is 2.23. The third-order valence-electron chi connectivity index (χ3n) is 2.38. The van der Waals surface area contributed by atoms with E-state index in [0.717, 1.165) is 12.2 Å². The van der Waals surface area contributed by atoms with Gasteiger partial charge in [-0.3, -0.25) is 0 Å². The van der Waals surface area contributed by atoms with Crippen molar-refractivity contribution in [3.63, 3.8) is 0 Å². The minimum absolute atomic E-state index is 0.303. The maximum atomic E-state index is 5.41. The quantitative estimate of drug-likeness (QED) is 0.734. The molecule has 0 spiro atoms. The molecule has 2 aromatic rings. The van der Waals surface area contributed by atoms with E-state index in [4.69, 9.17) is 9.47 Å². The first-order valence-electron chi connectivity index (χ1n) is 5.47. The van der Waals surface area contributed by atoms with Crippen LogP contribution in [0.5, 0.6) is 5.75 Å². The van der Waals surface area contributed by atoms with Gasteiger partial charge >= 0.3 is 0 Å². The molecule has 1 aromatic carbocycles. The van der Waals surface area contributed by atoms with Crippen molar-refractivity contribution in [3.05, 3.63) is 29.1 Å². The summed E-state index contributed by atoms with van der Waals surface area (Å²) in [4.78, 5) is 1.45. The number of rotatable bonds is 5. The lowest BCUT2D eigenvalue weighted by molar-refractivity contribution is 0.0512. The van der Waals surface area contributed by atoms with Gasteiger partial charge in [-0.05, 0) is 36.1 Å². The summed E-state index contributed by atoms with van der Waals surface area (Å²) in [5, 5.41) is 1.27. The summed E-state index contributed by atoms with van der Waals surface area (Å²) in [5.41, 5.74) is 0. The molecule has 0 unspecified atom stereocenters. The molecular formula is C13H16O2S. The highest BCUT2D eigenvalue weighted by atomic mass is 32.1. The Kier molecular flexibility index (Phi) is 3.80. The Morgan fingerprint density at radius 1 is 1.25 bits per heavy atom. The molecule has 1 heterocycles. The molecule has 0 aliphatic carbocycles. The summed E-state index contributed by atoms with van der Waals surface area (Å²) in [7, 11) is 1.63. The molecule has 0 amide bonds. The molecule has 0 radical (unpaired) electrons. The SMILES string of the molecule is CCCc1cc2cc(OCOC)ccc2s1. The van der Waals surface area contributed by atoms with Gasteiger partial charge in [0.2, 0.25) is 0 Å². The Bertz CT molecular complexity index is 462. The summed E-state index contributed by atoms with van der Waals surface area (Å²) in [5.74, 6) is 0.871. The van der Waals surface area contributed by atoms with Crippen molar-refractivity contribution in [2.45, 2.75) is 19.8 Å². The van der Waals surface area contributed by atoms with Gasteiger partial charge in [-0.25, -0.2) is 0 Å². The zero-order valence-electron chi connectivity index (χ0n) is 9.66. The molecule has 0 atom stereocenters. The van der Waals surface area contributed by atoms with Crippen LogP contribution in [0, 0.1) is 0 Å². The van der Waals surface area contributed by atoms with Crippen LogP contribution in [-0.4, -0.2) is 13.9 Å². The number of fused-ring (bicyclic) bond motifs is 1. The van der Waals surface area contributed by atoms with Crippen LogP contribution in [0.15, 0.2) is 24.3 Å². The van der Waals surface area contributed by atoms with Crippen molar-refractivity contribution in [2.75, 3.05) is 13.9 Å². The predicted octanol–water partition coefficient (Wildman–Crippen LogP) is 3.84. The number of hydrogen-bond donors (Lipinski definition) is 0. The van der Waals surface area contributed by atoms with Crippen molar-refractivity contribution >= 4 is 21.4 Å². The van der Waals surface area contributed by atoms with E-state index >= 15 is 0 Å². The monoisotopic (exact) mass is 236 g/mol. The smallest absolute Gasteiger partial charge is 0.188 e. The van der Waals surface area contributed by atoms with Gasteiger partial charge in [0.1, 0.15) is 5.75 Å². The van der Waals surface area contributed by atoms with Crippen molar-refractivity contribution in [3.8, 4) is 5.75 Å². The van der Waals surface area contributed by atoms with Gasteiger partial charge in [-0.2, -0.15) is 0 Å². The second kappa shape index (κ2) is 5.32. The van der Waals surface area contributed by atoms with Gasteiger partial charge in [-0.15, -0.1) is 11.3 Å². The van der Waals surface area contributed by atoms with E-state index < -0.39 is 0 Å². The van der Waals surface area contributed by atoms with E-state index in [-0.39, 0.29) is 0 Å². The lowest BCUT2D eigenvalue weighted by Crippen LogP contribution is -1.98. The fourth-order valence-electron chi connectivity index (χ4n) is 1.66. The second-order valence-electron chi connectivity index (χ2n) is 3.71. The van der Waals surface area contributed by atoms with E-state index in [2.05, 4.69) is 25.1 Å². The van der Waals surface area contributed by atoms with Gasteiger partial charge in [-0.1, -0.05) is 13.3 Å². The van der Waals surface area contributed by atoms with Gasteiger partial charge in [0.25, 0.3) is 0 Å². The van der Waals surface area contributed by atoms with Gasteiger partial charge in [0.15, 0.2) is 6.79 Å². The molecule has 2 nitrogen and oxygen atoms in total. The van der Waals surface area contributed by atoms with Crippen LogP contribution in [-0.2, 0) is 11.2 Å². The molecule has 1 aromatic heterocycles. The molecule has 0 fully saturated rings. The zero-order chi connectivity index (χ0) is 11.4. The summed E-state index contributed by atoms with van der Waals surface area (Å²) in [6.07, 6.45) is 2.35. The second-order valence-corrected chi connectivity index (χ2v) is 4.88. The largest absolute Gasteiger partial charge is 0.468 e. The Labute approximate surface area is 99.8 Å². The third kappa shape index (κ3) is 2.54. The van der Waals surface area contributed by atoms with Gasteiger partial charge in [0, 0.05) is 16.7 Å². The highest BCUT2D eigenvalue weighted by Crippen LogP contribution is 2.29. The van der Waals surface area contributed by atoms with Crippen molar-refractivity contribution in [2.24, 2.45) is 0 Å². The summed E-state index contributed by atoms with van der Waals surface area (Å²) in [6, 6.07) is 8.44. The average Bonchev–Trinajstić information content (AvgIpc) is 2.68. The topological polar surface area (TPSA) is 18.5 Å². The number of ether oxygens (including phenoxy) is 2. The van der Waals surface area contributed by atoms with E-state index in [1.54, 1.807) is 7.11 Å². The van der Waals surface area contributed by atoms with Gasteiger partial charge in [0.05, 0.1) is 0 Å². The highest BCUT2D eigenvalue weighted by Gasteiger charge is 2.02. The average molecular weight is 236 g/mol. The fraction of sp³-hybridized carbons (Fsp3) is 0.385. The number of methoxy groups -OCH3 is 1. The number of benzene rings is 1. The van der Waals surface area contributed by atoms with Crippen LogP contribution in [0.25, 0.3) is 10.1 Å². The lowest BCUT2D eigenvalue weighted by Gasteiger charge is -2.03. The minimum atomic E-state index is 0.303. The summed E-state index contributed by atoms with van der Waals surface area (Å²) < 4.78 is 11.6. The van der Waals surface area contributed by atoms with Crippen molar-refractivity contribution in [1.82, 2.24) is 0 Å². The maximum absolute atomic E-state index is 5.41. The van der Waals surface area contributed by atoms with E-state index in [1.165, 1.54) is 21.4 Å². The maximum Gasteiger partial charge on any atom is 0.188 e. The molecule has 0 N–H and O–H groups in total.